The van der Waals surface area contributed by atoms with Crippen LogP contribution in [0.15, 0.2) is 29.3 Å². The Balaban J connectivity index is 2.59. The van der Waals surface area contributed by atoms with Crippen molar-refractivity contribution in [2.45, 2.75) is 11.3 Å². The molecule has 9 nitrogen and oxygen atoms in total. The van der Waals surface area contributed by atoms with Crippen molar-refractivity contribution >= 4 is 37.7 Å². The van der Waals surface area contributed by atoms with Gasteiger partial charge in [-0.1, -0.05) is 23.7 Å². The first-order valence-electron chi connectivity index (χ1n) is 7.37. The van der Waals surface area contributed by atoms with Gasteiger partial charge in [0, 0.05) is 25.5 Å². The Labute approximate surface area is 158 Å². The number of nitrogens with zero attached hydrogens (tertiary/aromatic N) is 4. The molecule has 0 spiro atoms. The van der Waals surface area contributed by atoms with E-state index in [2.05, 4.69) is 9.71 Å². The minimum Gasteiger partial charge on any atom is -0.231 e. The van der Waals surface area contributed by atoms with Crippen LogP contribution in [0.25, 0.3) is 0 Å². The predicted octanol–water partition coefficient (Wildman–Crippen LogP) is 0.172. The minimum absolute atomic E-state index is 0.127. The number of benzene rings is 1. The molecule has 142 valence electrons. The Morgan fingerprint density at radius 3 is 2.35 bits per heavy atom. The third-order valence-corrected chi connectivity index (χ3v) is 7.88. The highest BCUT2D eigenvalue weighted by Gasteiger charge is 2.53. The Kier molecular flexibility index (Phi) is 5.65. The molecule has 0 aromatic heterocycles. The lowest BCUT2D eigenvalue weighted by Crippen LogP contribution is -2.51. The number of aliphatic imine (C=N–C) groups is 1. The predicted molar refractivity (Wildman–Crippen MR) is 98.2 cm³/mol. The summed E-state index contributed by atoms with van der Waals surface area (Å²) in [5.41, 5.74) is 0.582. The van der Waals surface area contributed by atoms with E-state index >= 15 is 0 Å². The standard InChI is InChI=1S/C14H18ClN5O4S2/c1-17-25(21,22)14(8-11-4-6-12(15)7-5-11)10-20(13(9-16)18-14)26(23,24)19(2)3/h4-7,17H,8,10H2,1-3H3. The van der Waals surface area contributed by atoms with Crippen LogP contribution in [0.4, 0.5) is 0 Å². The van der Waals surface area contributed by atoms with E-state index < -0.39 is 37.5 Å². The van der Waals surface area contributed by atoms with Crippen molar-refractivity contribution in [1.29, 1.82) is 5.26 Å². The SMILES string of the molecule is CNS(=O)(=O)C1(Cc2ccc(Cl)cc2)CN(S(=O)(=O)N(C)C)C(C#N)=N1. The van der Waals surface area contributed by atoms with Gasteiger partial charge in [0.05, 0.1) is 6.54 Å². The van der Waals surface area contributed by atoms with Crippen molar-refractivity contribution in [1.82, 2.24) is 13.3 Å². The van der Waals surface area contributed by atoms with Gasteiger partial charge in [-0.05, 0) is 24.7 Å². The van der Waals surface area contributed by atoms with Crippen LogP contribution >= 0.6 is 11.6 Å². The molecule has 1 aromatic carbocycles. The first-order valence-corrected chi connectivity index (χ1v) is 10.6. The Morgan fingerprint density at radius 1 is 1.31 bits per heavy atom. The second kappa shape index (κ2) is 7.13. The second-order valence-corrected chi connectivity index (χ2v) is 10.5. The molecule has 1 atom stereocenters. The summed E-state index contributed by atoms with van der Waals surface area (Å²) < 4.78 is 54.2. The summed E-state index contributed by atoms with van der Waals surface area (Å²) in [5.74, 6) is -0.480. The van der Waals surface area contributed by atoms with E-state index in [1.54, 1.807) is 30.3 Å². The van der Waals surface area contributed by atoms with Gasteiger partial charge < -0.3 is 0 Å². The quantitative estimate of drug-likeness (QED) is 0.704. The molecule has 1 N–H and O–H groups in total. The van der Waals surface area contributed by atoms with Crippen LogP contribution in [0.1, 0.15) is 5.56 Å². The van der Waals surface area contributed by atoms with Crippen molar-refractivity contribution in [2.75, 3.05) is 27.7 Å². The molecule has 0 aliphatic carbocycles. The number of halogens is 1. The van der Waals surface area contributed by atoms with Crippen molar-refractivity contribution in [3.05, 3.63) is 34.9 Å². The number of sulfonamides is 1. The summed E-state index contributed by atoms with van der Waals surface area (Å²) in [6.45, 7) is -0.512. The first-order chi connectivity index (χ1) is 12.0. The van der Waals surface area contributed by atoms with E-state index in [-0.39, 0.29) is 6.42 Å². The van der Waals surface area contributed by atoms with Gasteiger partial charge in [0.25, 0.3) is 0 Å². The number of hydrogen-bond acceptors (Lipinski definition) is 6. The molecule has 0 radical (unpaired) electrons. The average molecular weight is 420 g/mol. The van der Waals surface area contributed by atoms with Crippen LogP contribution in [0.5, 0.6) is 0 Å². The Hall–Kier alpha value is -1.71. The highest BCUT2D eigenvalue weighted by atomic mass is 35.5. The molecular weight excluding hydrogens is 402 g/mol. The molecule has 0 fully saturated rings. The lowest BCUT2D eigenvalue weighted by molar-refractivity contribution is 0.434. The van der Waals surface area contributed by atoms with Gasteiger partial charge in [0.1, 0.15) is 6.07 Å². The number of amidine groups is 1. The van der Waals surface area contributed by atoms with Gasteiger partial charge >= 0.3 is 10.2 Å². The highest BCUT2D eigenvalue weighted by molar-refractivity contribution is 7.91. The van der Waals surface area contributed by atoms with Gasteiger partial charge in [-0.2, -0.15) is 18.0 Å². The third kappa shape index (κ3) is 3.56. The van der Waals surface area contributed by atoms with E-state index in [0.717, 1.165) is 4.31 Å². The maximum atomic E-state index is 12.7. The van der Waals surface area contributed by atoms with E-state index in [0.29, 0.717) is 14.9 Å². The lowest BCUT2D eigenvalue weighted by atomic mass is 10.1. The van der Waals surface area contributed by atoms with Crippen molar-refractivity contribution in [3.63, 3.8) is 0 Å². The first kappa shape index (κ1) is 20.6. The fourth-order valence-corrected chi connectivity index (χ4v) is 5.02. The monoisotopic (exact) mass is 419 g/mol. The summed E-state index contributed by atoms with van der Waals surface area (Å²) in [7, 11) is -4.36. The van der Waals surface area contributed by atoms with Crippen molar-refractivity contribution < 1.29 is 16.8 Å². The smallest absolute Gasteiger partial charge is 0.231 e. The van der Waals surface area contributed by atoms with Crippen LogP contribution in [-0.2, 0) is 26.7 Å². The molecule has 26 heavy (non-hydrogen) atoms. The molecule has 1 unspecified atom stereocenters. The van der Waals surface area contributed by atoms with Gasteiger partial charge in [0.15, 0.2) is 0 Å². The topological polar surface area (TPSA) is 123 Å². The molecule has 0 bridgehead atoms. The largest absolute Gasteiger partial charge is 0.305 e. The highest BCUT2D eigenvalue weighted by Crippen LogP contribution is 2.33. The summed E-state index contributed by atoms with van der Waals surface area (Å²) in [4.78, 5) is 2.15. The van der Waals surface area contributed by atoms with Crippen LogP contribution in [0.2, 0.25) is 5.02 Å². The van der Waals surface area contributed by atoms with E-state index in [1.165, 1.54) is 21.1 Å². The number of nitriles is 1. The average Bonchev–Trinajstić information content (AvgIpc) is 2.98. The minimum atomic E-state index is -4.08. The molecule has 0 saturated heterocycles. The zero-order chi connectivity index (χ0) is 19.8. The molecule has 1 aliphatic rings. The fraction of sp³-hybridized carbons (Fsp3) is 0.429. The number of nitrogens with one attached hydrogen (secondary N) is 1. The zero-order valence-electron chi connectivity index (χ0n) is 14.3. The molecule has 0 saturated carbocycles. The van der Waals surface area contributed by atoms with E-state index in [4.69, 9.17) is 11.6 Å². The lowest BCUT2D eigenvalue weighted by Gasteiger charge is -2.28. The molecule has 0 amide bonds. The molecule has 12 heteroatoms. The summed E-state index contributed by atoms with van der Waals surface area (Å²) in [6, 6.07) is 8.11. The van der Waals surface area contributed by atoms with E-state index in [1.807, 2.05) is 0 Å². The van der Waals surface area contributed by atoms with Gasteiger partial charge in [-0.15, -0.1) is 0 Å². The Morgan fingerprint density at radius 2 is 1.88 bits per heavy atom. The van der Waals surface area contributed by atoms with Gasteiger partial charge in [-0.3, -0.25) is 0 Å². The molecule has 1 heterocycles. The molecule has 2 rings (SSSR count). The third-order valence-electron chi connectivity index (χ3n) is 3.94. The van der Waals surface area contributed by atoms with Crippen LogP contribution < -0.4 is 4.72 Å². The van der Waals surface area contributed by atoms with Gasteiger partial charge in [0.2, 0.25) is 20.7 Å². The fourth-order valence-electron chi connectivity index (χ4n) is 2.50. The summed E-state index contributed by atoms with van der Waals surface area (Å²) in [5, 5.41) is 9.79. The molecule has 1 aliphatic heterocycles. The second-order valence-electron chi connectivity index (χ2n) is 5.80. The van der Waals surface area contributed by atoms with Crippen LogP contribution in [0.3, 0.4) is 0 Å². The van der Waals surface area contributed by atoms with Crippen LogP contribution in [0, 0.1) is 11.3 Å². The number of hydrogen-bond donors (Lipinski definition) is 1. The molecular formula is C14H18ClN5O4S2. The van der Waals surface area contributed by atoms with Crippen molar-refractivity contribution in [3.8, 4) is 6.07 Å². The molecule has 1 aromatic rings. The zero-order valence-corrected chi connectivity index (χ0v) is 16.7. The normalized spacial score (nSPS) is 20.9. The maximum absolute atomic E-state index is 12.7. The van der Waals surface area contributed by atoms with E-state index in [9.17, 15) is 22.1 Å². The van der Waals surface area contributed by atoms with Gasteiger partial charge in [-0.25, -0.2) is 22.4 Å². The Bertz CT molecular complexity index is 968. The number of rotatable bonds is 6. The van der Waals surface area contributed by atoms with Crippen molar-refractivity contribution in [2.24, 2.45) is 4.99 Å². The summed E-state index contributed by atoms with van der Waals surface area (Å²) in [6.07, 6.45) is -0.127. The maximum Gasteiger partial charge on any atom is 0.305 e. The van der Waals surface area contributed by atoms with Crippen LogP contribution in [-0.4, -0.2) is 63.8 Å². The summed E-state index contributed by atoms with van der Waals surface area (Å²) >= 11 is 5.85.